The number of amides is 2. The Labute approximate surface area is 156 Å². The molecular weight excluding hydrogens is 387 g/mol. The minimum absolute atomic E-state index is 0.0233. The molecule has 1 aliphatic rings. The van der Waals surface area contributed by atoms with Gasteiger partial charge in [0.15, 0.2) is 4.34 Å². The maximum atomic E-state index is 13.1. The monoisotopic (exact) mass is 400 g/mol. The maximum Gasteiger partial charge on any atom is 0.234 e. The van der Waals surface area contributed by atoms with Gasteiger partial charge in [-0.25, -0.2) is 4.39 Å². The summed E-state index contributed by atoms with van der Waals surface area (Å²) in [5.74, 6) is -0.652. The highest BCUT2D eigenvalue weighted by molar-refractivity contribution is 8.01. The highest BCUT2D eigenvalue weighted by Crippen LogP contribution is 2.30. The Bertz CT molecular complexity index is 798. The van der Waals surface area contributed by atoms with E-state index in [4.69, 9.17) is 11.6 Å². The predicted octanol–water partition coefficient (Wildman–Crippen LogP) is 3.80. The highest BCUT2D eigenvalue weighted by Gasteiger charge is 2.26. The van der Waals surface area contributed by atoms with E-state index in [1.165, 1.54) is 41.3 Å². The Morgan fingerprint density at radius 2 is 2.12 bits per heavy atom. The molecule has 1 aromatic carbocycles. The lowest BCUT2D eigenvalue weighted by atomic mass is 9.85. The molecule has 0 bridgehead atoms. The summed E-state index contributed by atoms with van der Waals surface area (Å²) in [6, 6.07) is 3.97. The number of rotatable bonds is 6. The molecule has 0 atom stereocenters. The van der Waals surface area contributed by atoms with Gasteiger partial charge in [0.05, 0.1) is 10.8 Å². The van der Waals surface area contributed by atoms with Gasteiger partial charge in [0.2, 0.25) is 16.9 Å². The van der Waals surface area contributed by atoms with Crippen molar-refractivity contribution in [1.29, 1.82) is 0 Å². The van der Waals surface area contributed by atoms with E-state index in [0.29, 0.717) is 15.2 Å². The van der Waals surface area contributed by atoms with Crippen LogP contribution in [0.1, 0.15) is 19.3 Å². The van der Waals surface area contributed by atoms with Crippen LogP contribution in [-0.2, 0) is 9.59 Å². The number of aromatic nitrogens is 2. The van der Waals surface area contributed by atoms with Gasteiger partial charge in [-0.15, -0.1) is 10.2 Å². The van der Waals surface area contributed by atoms with Crippen LogP contribution in [0.2, 0.25) is 5.02 Å². The molecule has 1 fully saturated rings. The van der Waals surface area contributed by atoms with Crippen molar-refractivity contribution in [2.75, 3.05) is 16.4 Å². The number of halogens is 2. The quantitative estimate of drug-likeness (QED) is 0.569. The van der Waals surface area contributed by atoms with E-state index in [0.717, 1.165) is 19.3 Å². The Balaban J connectivity index is 1.47. The number of hydrogen-bond acceptors (Lipinski definition) is 6. The minimum atomic E-state index is -0.542. The number of benzene rings is 1. The first kappa shape index (κ1) is 18.1. The van der Waals surface area contributed by atoms with Gasteiger partial charge in [0, 0.05) is 11.6 Å². The first-order chi connectivity index (χ1) is 12.0. The van der Waals surface area contributed by atoms with Crippen molar-refractivity contribution < 1.29 is 14.0 Å². The van der Waals surface area contributed by atoms with E-state index in [1.807, 2.05) is 0 Å². The molecule has 6 nitrogen and oxygen atoms in total. The normalized spacial score (nSPS) is 14.0. The molecule has 25 heavy (non-hydrogen) atoms. The fourth-order valence-corrected chi connectivity index (χ4v) is 3.83. The van der Waals surface area contributed by atoms with Gasteiger partial charge in [0.1, 0.15) is 5.82 Å². The zero-order valence-corrected chi connectivity index (χ0v) is 15.3. The molecule has 0 aliphatic heterocycles. The number of thioether (sulfide) groups is 1. The van der Waals surface area contributed by atoms with E-state index in [-0.39, 0.29) is 28.5 Å². The molecule has 2 N–H and O–H groups in total. The van der Waals surface area contributed by atoms with E-state index < -0.39 is 5.82 Å². The lowest BCUT2D eigenvalue weighted by Crippen LogP contribution is -2.27. The predicted molar refractivity (Wildman–Crippen MR) is 96.6 cm³/mol. The van der Waals surface area contributed by atoms with Crippen LogP contribution in [0.15, 0.2) is 22.5 Å². The third-order valence-electron chi connectivity index (χ3n) is 3.64. The van der Waals surface area contributed by atoms with E-state index in [1.54, 1.807) is 0 Å². The van der Waals surface area contributed by atoms with Gasteiger partial charge in [-0.1, -0.05) is 41.1 Å². The summed E-state index contributed by atoms with van der Waals surface area (Å²) in [6.45, 7) is 0. The smallest absolute Gasteiger partial charge is 0.234 e. The summed E-state index contributed by atoms with van der Waals surface area (Å²) in [5, 5.41) is 13.6. The second kappa shape index (κ2) is 8.11. The third-order valence-corrected chi connectivity index (χ3v) is 5.90. The standard InChI is InChI=1S/C15H14ClFN4O2S2/c16-10-6-9(4-5-11(10)17)18-12(22)7-24-15-21-20-14(25-15)19-13(23)8-2-1-3-8/h4-6,8H,1-3,7H2,(H,18,22)(H,19,20,23). The molecule has 0 radical (unpaired) electrons. The first-order valence-electron chi connectivity index (χ1n) is 7.53. The Morgan fingerprint density at radius 3 is 2.80 bits per heavy atom. The highest BCUT2D eigenvalue weighted by atomic mass is 35.5. The number of carbonyl (C=O) groups is 2. The molecule has 1 aromatic heterocycles. The Kier molecular flexibility index (Phi) is 5.87. The molecular formula is C15H14ClFN4O2S2. The molecule has 2 amide bonds. The van der Waals surface area contributed by atoms with Crippen molar-refractivity contribution in [3.05, 3.63) is 29.0 Å². The van der Waals surface area contributed by atoms with Crippen molar-refractivity contribution in [3.8, 4) is 0 Å². The molecule has 10 heteroatoms. The number of anilines is 2. The lowest BCUT2D eigenvalue weighted by molar-refractivity contribution is -0.122. The average Bonchev–Trinajstić information content (AvgIpc) is 2.94. The largest absolute Gasteiger partial charge is 0.325 e. The summed E-state index contributed by atoms with van der Waals surface area (Å²) in [7, 11) is 0. The number of nitrogens with zero attached hydrogens (tertiary/aromatic N) is 2. The van der Waals surface area contributed by atoms with Crippen molar-refractivity contribution in [1.82, 2.24) is 10.2 Å². The minimum Gasteiger partial charge on any atom is -0.325 e. The van der Waals surface area contributed by atoms with Crippen LogP contribution in [0, 0.1) is 11.7 Å². The first-order valence-corrected chi connectivity index (χ1v) is 9.71. The second-order valence-corrected chi connectivity index (χ2v) is 8.06. The van der Waals surface area contributed by atoms with Crippen LogP contribution >= 0.6 is 34.7 Å². The molecule has 0 unspecified atom stereocenters. The Morgan fingerprint density at radius 1 is 1.32 bits per heavy atom. The molecule has 3 rings (SSSR count). The summed E-state index contributed by atoms with van der Waals surface area (Å²) < 4.78 is 13.7. The van der Waals surface area contributed by atoms with Gasteiger partial charge < -0.3 is 10.6 Å². The van der Waals surface area contributed by atoms with E-state index in [2.05, 4.69) is 20.8 Å². The molecule has 0 spiro atoms. The van der Waals surface area contributed by atoms with Crippen molar-refractivity contribution in [3.63, 3.8) is 0 Å². The van der Waals surface area contributed by atoms with Gasteiger partial charge in [-0.3, -0.25) is 9.59 Å². The molecule has 1 saturated carbocycles. The lowest BCUT2D eigenvalue weighted by Gasteiger charge is -2.23. The van der Waals surface area contributed by atoms with Gasteiger partial charge in [-0.05, 0) is 31.0 Å². The van der Waals surface area contributed by atoms with E-state index >= 15 is 0 Å². The molecule has 1 heterocycles. The van der Waals surface area contributed by atoms with Gasteiger partial charge in [0.25, 0.3) is 0 Å². The second-order valence-electron chi connectivity index (χ2n) is 5.46. The van der Waals surface area contributed by atoms with Gasteiger partial charge >= 0.3 is 0 Å². The van der Waals surface area contributed by atoms with Crippen LogP contribution in [-0.4, -0.2) is 27.8 Å². The van der Waals surface area contributed by atoms with Crippen LogP contribution in [0.5, 0.6) is 0 Å². The average molecular weight is 401 g/mol. The topological polar surface area (TPSA) is 84.0 Å². The van der Waals surface area contributed by atoms with Gasteiger partial charge in [-0.2, -0.15) is 0 Å². The zero-order chi connectivity index (χ0) is 17.8. The molecule has 1 aliphatic carbocycles. The molecule has 2 aromatic rings. The van der Waals surface area contributed by atoms with E-state index in [9.17, 15) is 14.0 Å². The number of nitrogens with one attached hydrogen (secondary N) is 2. The van der Waals surface area contributed by atoms with Crippen molar-refractivity contribution in [2.45, 2.75) is 23.6 Å². The van der Waals surface area contributed by atoms with Crippen molar-refractivity contribution in [2.24, 2.45) is 5.92 Å². The maximum absolute atomic E-state index is 13.1. The van der Waals surface area contributed by atoms with Crippen LogP contribution in [0.25, 0.3) is 0 Å². The summed E-state index contributed by atoms with van der Waals surface area (Å²) in [4.78, 5) is 23.8. The molecule has 0 saturated heterocycles. The SMILES string of the molecule is O=C(CSc1nnc(NC(=O)C2CCC2)s1)Nc1ccc(F)c(Cl)c1. The summed E-state index contributed by atoms with van der Waals surface area (Å²) in [6.07, 6.45) is 2.92. The fraction of sp³-hybridized carbons (Fsp3) is 0.333. The zero-order valence-electron chi connectivity index (χ0n) is 12.9. The van der Waals surface area contributed by atoms with Crippen molar-refractivity contribution >= 4 is 57.3 Å². The van der Waals surface area contributed by atoms with Crippen LogP contribution in [0.4, 0.5) is 15.2 Å². The molecule has 132 valence electrons. The van der Waals surface area contributed by atoms with Crippen LogP contribution in [0.3, 0.4) is 0 Å². The third kappa shape index (κ3) is 4.90. The van der Waals surface area contributed by atoms with Crippen LogP contribution < -0.4 is 10.6 Å². The summed E-state index contributed by atoms with van der Waals surface area (Å²) in [5.41, 5.74) is 0.419. The summed E-state index contributed by atoms with van der Waals surface area (Å²) >= 11 is 8.10. The fourth-order valence-electron chi connectivity index (χ4n) is 2.09. The number of hydrogen-bond donors (Lipinski definition) is 2. The Hall–Kier alpha value is -1.71. The number of carbonyl (C=O) groups excluding carboxylic acids is 2.